The van der Waals surface area contributed by atoms with Gasteiger partial charge in [0, 0.05) is 7.11 Å². The van der Waals surface area contributed by atoms with Crippen LogP contribution in [0.4, 0.5) is 0 Å². The van der Waals surface area contributed by atoms with Crippen molar-refractivity contribution in [1.29, 1.82) is 0 Å². The maximum Gasteiger partial charge on any atom is 0.710 e. The van der Waals surface area contributed by atoms with Gasteiger partial charge in [0.05, 0.1) is 5.56 Å². The highest BCUT2D eigenvalue weighted by atomic mass is 32.1. The third-order valence-corrected chi connectivity index (χ3v) is 2.01. The van der Waals surface area contributed by atoms with E-state index in [1.54, 1.807) is 11.4 Å². The number of rotatable bonds is 4. The van der Waals surface area contributed by atoms with Crippen LogP contribution in [-0.4, -0.2) is 25.7 Å². The van der Waals surface area contributed by atoms with E-state index in [0.717, 1.165) is 0 Å². The van der Waals surface area contributed by atoms with Crippen molar-refractivity contribution in [2.45, 2.75) is 0 Å². The molecule has 1 N–H and O–H groups in total. The van der Waals surface area contributed by atoms with Crippen molar-refractivity contribution in [1.82, 2.24) is 0 Å². The van der Waals surface area contributed by atoms with Crippen LogP contribution in [0.15, 0.2) is 11.4 Å². The fraction of sp³-hybridized carbons (Fsp3) is 0.167. The third-order valence-electron chi connectivity index (χ3n) is 1.19. The zero-order valence-corrected chi connectivity index (χ0v) is 7.21. The monoisotopic (exact) mass is 186 g/mol. The summed E-state index contributed by atoms with van der Waals surface area (Å²) in [5.41, 5.74) is 0.413. The Morgan fingerprint density at radius 2 is 2.50 bits per heavy atom. The smallest absolute Gasteiger partial charge is 0.503 e. The van der Waals surface area contributed by atoms with Crippen LogP contribution in [0.2, 0.25) is 0 Å². The number of thiophene rings is 1. The van der Waals surface area contributed by atoms with E-state index in [9.17, 15) is 4.79 Å². The van der Waals surface area contributed by atoms with Crippen molar-refractivity contribution >= 4 is 24.9 Å². The third kappa shape index (κ3) is 2.07. The van der Waals surface area contributed by atoms with Gasteiger partial charge in [-0.3, -0.25) is 4.79 Å². The summed E-state index contributed by atoms with van der Waals surface area (Å²) in [7, 11) is -0.0128. The van der Waals surface area contributed by atoms with Crippen LogP contribution >= 0.6 is 11.3 Å². The highest BCUT2D eigenvalue weighted by Gasteiger charge is 2.18. The van der Waals surface area contributed by atoms with Gasteiger partial charge in [-0.15, -0.1) is 11.3 Å². The molecule has 0 bridgehead atoms. The second kappa shape index (κ2) is 4.25. The highest BCUT2D eigenvalue weighted by Crippen LogP contribution is 2.24. The second-order valence-corrected chi connectivity index (χ2v) is 2.82. The van der Waals surface area contributed by atoms with Crippen molar-refractivity contribution in [3.8, 4) is 5.06 Å². The Morgan fingerprint density at radius 3 is 3.08 bits per heavy atom. The zero-order chi connectivity index (χ0) is 8.97. The van der Waals surface area contributed by atoms with Crippen molar-refractivity contribution in [2.75, 3.05) is 7.11 Å². The van der Waals surface area contributed by atoms with Gasteiger partial charge in [-0.2, -0.15) is 0 Å². The minimum absolute atomic E-state index is 0.361. The Bertz CT molecular complexity index is 262. The molecule has 1 aromatic rings. The highest BCUT2D eigenvalue weighted by molar-refractivity contribution is 7.12. The van der Waals surface area contributed by atoms with Crippen LogP contribution in [0.5, 0.6) is 5.06 Å². The standard InChI is InChI=1S/C6H7BO4S/c1-10-7(9)11-6-5(4-8)2-3-12-6/h2-4,9H,1H3. The lowest BCUT2D eigenvalue weighted by molar-refractivity contribution is 0.112. The van der Waals surface area contributed by atoms with Gasteiger partial charge in [-0.25, -0.2) is 0 Å². The molecule has 0 amide bonds. The van der Waals surface area contributed by atoms with E-state index < -0.39 is 7.32 Å². The second-order valence-electron chi connectivity index (χ2n) is 1.94. The lowest BCUT2D eigenvalue weighted by Crippen LogP contribution is -2.24. The Labute approximate surface area is 73.9 Å². The summed E-state index contributed by atoms with van der Waals surface area (Å²) in [6, 6.07) is 1.61. The van der Waals surface area contributed by atoms with Gasteiger partial charge in [0.2, 0.25) is 0 Å². The molecule has 0 saturated heterocycles. The molecule has 12 heavy (non-hydrogen) atoms. The largest absolute Gasteiger partial charge is 0.710 e. The summed E-state index contributed by atoms with van der Waals surface area (Å²) in [5.74, 6) is 0. The van der Waals surface area contributed by atoms with Gasteiger partial charge < -0.3 is 14.3 Å². The first-order chi connectivity index (χ1) is 5.77. The minimum Gasteiger partial charge on any atom is -0.503 e. The van der Waals surface area contributed by atoms with E-state index in [1.165, 1.54) is 18.4 Å². The summed E-state index contributed by atoms with van der Waals surface area (Å²) >= 11 is 1.22. The molecule has 0 aromatic carbocycles. The van der Waals surface area contributed by atoms with Gasteiger partial charge in [0.15, 0.2) is 11.3 Å². The molecule has 1 heterocycles. The van der Waals surface area contributed by atoms with Crippen LogP contribution in [0.3, 0.4) is 0 Å². The van der Waals surface area contributed by atoms with Crippen LogP contribution in [0.25, 0.3) is 0 Å². The van der Waals surface area contributed by atoms with E-state index in [-0.39, 0.29) is 0 Å². The molecule has 0 unspecified atom stereocenters. The number of carbonyl (C=O) groups excluding carboxylic acids is 1. The maximum atomic E-state index is 10.4. The normalized spacial score (nSPS) is 9.50. The first kappa shape index (κ1) is 9.24. The Kier molecular flexibility index (Phi) is 3.27. The number of hydrogen-bond donors (Lipinski definition) is 1. The molecular formula is C6H7BO4S. The molecule has 4 nitrogen and oxygen atoms in total. The van der Waals surface area contributed by atoms with E-state index in [4.69, 9.17) is 9.68 Å². The lowest BCUT2D eigenvalue weighted by atomic mass is 10.2. The molecule has 0 aliphatic carbocycles. The molecule has 1 aromatic heterocycles. The van der Waals surface area contributed by atoms with Gasteiger partial charge >= 0.3 is 7.32 Å². The molecule has 6 heteroatoms. The SMILES string of the molecule is COB(O)Oc1sccc1C=O. The van der Waals surface area contributed by atoms with Crippen molar-refractivity contribution in [2.24, 2.45) is 0 Å². The minimum atomic E-state index is -1.32. The number of carbonyl (C=O) groups is 1. The summed E-state index contributed by atoms with van der Waals surface area (Å²) in [6.07, 6.45) is 0.661. The molecule has 0 aliphatic heterocycles. The van der Waals surface area contributed by atoms with Crippen molar-refractivity contribution in [3.63, 3.8) is 0 Å². The fourth-order valence-corrected chi connectivity index (χ4v) is 1.36. The fourth-order valence-electron chi connectivity index (χ4n) is 0.628. The van der Waals surface area contributed by atoms with Crippen molar-refractivity contribution < 1.29 is 19.1 Å². The average molecular weight is 186 g/mol. The van der Waals surface area contributed by atoms with Crippen LogP contribution in [0, 0.1) is 0 Å². The molecule has 0 radical (unpaired) electrons. The van der Waals surface area contributed by atoms with E-state index in [1.807, 2.05) is 0 Å². The molecule has 0 saturated carbocycles. The van der Waals surface area contributed by atoms with Gasteiger partial charge in [-0.1, -0.05) is 0 Å². The Balaban J connectivity index is 2.67. The topological polar surface area (TPSA) is 55.8 Å². The molecular weight excluding hydrogens is 179 g/mol. The number of hydrogen-bond acceptors (Lipinski definition) is 5. The van der Waals surface area contributed by atoms with Crippen molar-refractivity contribution in [3.05, 3.63) is 17.0 Å². The summed E-state index contributed by atoms with van der Waals surface area (Å²) in [5, 5.41) is 11.0. The van der Waals surface area contributed by atoms with Crippen LogP contribution < -0.4 is 4.65 Å². The van der Waals surface area contributed by atoms with Gasteiger partial charge in [-0.05, 0) is 11.4 Å². The van der Waals surface area contributed by atoms with E-state index >= 15 is 0 Å². The summed E-state index contributed by atoms with van der Waals surface area (Å²) < 4.78 is 9.29. The van der Waals surface area contributed by atoms with Crippen LogP contribution in [-0.2, 0) is 4.65 Å². The average Bonchev–Trinajstić information content (AvgIpc) is 2.51. The zero-order valence-electron chi connectivity index (χ0n) is 6.39. The quantitative estimate of drug-likeness (QED) is 0.551. The Morgan fingerprint density at radius 1 is 1.75 bits per heavy atom. The first-order valence-electron chi connectivity index (χ1n) is 3.18. The molecule has 0 spiro atoms. The molecule has 0 fully saturated rings. The molecule has 1 rings (SSSR count). The molecule has 0 atom stereocenters. The van der Waals surface area contributed by atoms with E-state index in [0.29, 0.717) is 16.9 Å². The predicted molar refractivity (Wildman–Crippen MR) is 45.3 cm³/mol. The summed E-state index contributed by atoms with van der Waals surface area (Å²) in [4.78, 5) is 10.4. The summed E-state index contributed by atoms with van der Waals surface area (Å²) in [6.45, 7) is 0. The van der Waals surface area contributed by atoms with Gasteiger partial charge in [0.25, 0.3) is 0 Å². The van der Waals surface area contributed by atoms with Gasteiger partial charge in [0.1, 0.15) is 0 Å². The predicted octanol–water partition coefficient (Wildman–Crippen LogP) is 0.563. The maximum absolute atomic E-state index is 10.4. The Hall–Kier alpha value is -0.845. The number of aldehydes is 1. The van der Waals surface area contributed by atoms with Crippen LogP contribution in [0.1, 0.15) is 10.4 Å². The van der Waals surface area contributed by atoms with E-state index in [2.05, 4.69) is 4.65 Å². The first-order valence-corrected chi connectivity index (χ1v) is 4.06. The lowest BCUT2D eigenvalue weighted by Gasteiger charge is -2.04. The molecule has 0 aliphatic rings. The molecule has 64 valence electrons.